The van der Waals surface area contributed by atoms with Crippen molar-refractivity contribution in [3.05, 3.63) is 12.2 Å². The molecular formula is C6H5BrO. The molecule has 2 heteroatoms. The molecule has 1 nitrogen and oxygen atoms in total. The van der Waals surface area contributed by atoms with E-state index in [2.05, 4.69) is 15.9 Å². The molecule has 42 valence electrons. The Kier molecular flexibility index (Phi) is 0.734. The molecule has 0 aromatic carbocycles. The van der Waals surface area contributed by atoms with Crippen LogP contribution in [0.15, 0.2) is 12.2 Å². The number of alkyl halides is 1. The van der Waals surface area contributed by atoms with Crippen LogP contribution in [-0.4, -0.2) is 10.6 Å². The summed E-state index contributed by atoms with van der Waals surface area (Å²) in [6.45, 7) is 0. The maximum absolute atomic E-state index is 10.7. The lowest BCUT2D eigenvalue weighted by Crippen LogP contribution is -1.93. The molecule has 0 heterocycles. The van der Waals surface area contributed by atoms with Crippen LogP contribution >= 0.6 is 15.9 Å². The van der Waals surface area contributed by atoms with Gasteiger partial charge in [0.15, 0.2) is 5.78 Å². The molecule has 8 heavy (non-hydrogen) atoms. The molecule has 1 fully saturated rings. The zero-order valence-corrected chi connectivity index (χ0v) is 5.76. The molecular weight excluding hydrogens is 168 g/mol. The Bertz CT molecular complexity index is 173. The van der Waals surface area contributed by atoms with Crippen molar-refractivity contribution in [3.8, 4) is 0 Å². The van der Waals surface area contributed by atoms with Gasteiger partial charge in [0.25, 0.3) is 0 Å². The summed E-state index contributed by atoms with van der Waals surface area (Å²) in [4.78, 5) is 11.2. The molecule has 0 bridgehead atoms. The van der Waals surface area contributed by atoms with Gasteiger partial charge in [0.1, 0.15) is 0 Å². The fraction of sp³-hybridized carbons (Fsp3) is 0.500. The minimum Gasteiger partial charge on any atom is -0.294 e. The Balaban J connectivity index is 2.29. The maximum atomic E-state index is 10.7. The smallest absolute Gasteiger partial charge is 0.160 e. The van der Waals surface area contributed by atoms with Gasteiger partial charge in [0.05, 0.1) is 0 Å². The van der Waals surface area contributed by atoms with Crippen molar-refractivity contribution in [2.45, 2.75) is 4.83 Å². The van der Waals surface area contributed by atoms with Crippen LogP contribution in [0.4, 0.5) is 0 Å². The van der Waals surface area contributed by atoms with Crippen molar-refractivity contribution < 1.29 is 4.79 Å². The molecule has 0 amide bonds. The van der Waals surface area contributed by atoms with Crippen LogP contribution in [0.5, 0.6) is 0 Å². The Hall–Kier alpha value is -0.110. The first-order chi connectivity index (χ1) is 3.80. The maximum Gasteiger partial charge on any atom is 0.160 e. The average molecular weight is 173 g/mol. The predicted octanol–water partition coefficient (Wildman–Crippen LogP) is 1.13. The topological polar surface area (TPSA) is 17.1 Å². The van der Waals surface area contributed by atoms with E-state index in [4.69, 9.17) is 0 Å². The molecule has 0 spiro atoms. The fourth-order valence-corrected chi connectivity index (χ4v) is 2.13. The number of carbonyl (C=O) groups is 1. The average Bonchev–Trinajstić information content (AvgIpc) is 2.13. The van der Waals surface area contributed by atoms with E-state index in [9.17, 15) is 4.79 Å². The highest BCUT2D eigenvalue weighted by Gasteiger charge is 2.53. The van der Waals surface area contributed by atoms with E-state index >= 15 is 0 Å². The second kappa shape index (κ2) is 1.24. The third-order valence-corrected chi connectivity index (χ3v) is 2.98. The van der Waals surface area contributed by atoms with Crippen molar-refractivity contribution in [3.63, 3.8) is 0 Å². The quantitative estimate of drug-likeness (QED) is 0.502. The monoisotopic (exact) mass is 172 g/mol. The van der Waals surface area contributed by atoms with E-state index in [0.29, 0.717) is 22.4 Å². The Morgan fingerprint density at radius 3 is 2.62 bits per heavy atom. The predicted molar refractivity (Wildman–Crippen MR) is 33.8 cm³/mol. The molecule has 2 aliphatic carbocycles. The molecule has 2 aliphatic rings. The summed E-state index contributed by atoms with van der Waals surface area (Å²) in [7, 11) is 0. The highest BCUT2D eigenvalue weighted by atomic mass is 79.9. The van der Waals surface area contributed by atoms with E-state index in [1.165, 1.54) is 0 Å². The van der Waals surface area contributed by atoms with Crippen LogP contribution in [0.3, 0.4) is 0 Å². The first-order valence-corrected chi connectivity index (χ1v) is 3.58. The Morgan fingerprint density at radius 1 is 1.62 bits per heavy atom. The van der Waals surface area contributed by atoms with Crippen molar-refractivity contribution in [2.24, 2.45) is 11.8 Å². The van der Waals surface area contributed by atoms with Crippen molar-refractivity contribution in [1.82, 2.24) is 0 Å². The number of fused-ring (bicyclic) bond motifs is 1. The Morgan fingerprint density at radius 2 is 2.38 bits per heavy atom. The molecule has 0 saturated heterocycles. The molecule has 0 N–H and O–H groups in total. The van der Waals surface area contributed by atoms with Crippen LogP contribution in [0.1, 0.15) is 0 Å². The lowest BCUT2D eigenvalue weighted by Gasteiger charge is -1.81. The van der Waals surface area contributed by atoms with Gasteiger partial charge in [0.2, 0.25) is 0 Å². The summed E-state index contributed by atoms with van der Waals surface area (Å²) >= 11 is 3.39. The third kappa shape index (κ3) is 0.395. The normalized spacial score (nSPS) is 49.6. The first kappa shape index (κ1) is 4.74. The van der Waals surface area contributed by atoms with E-state index in [0.717, 1.165) is 0 Å². The summed E-state index contributed by atoms with van der Waals surface area (Å²) in [5.74, 6) is 1.16. The minimum absolute atomic E-state index is 0.303. The van der Waals surface area contributed by atoms with Crippen molar-refractivity contribution in [2.75, 3.05) is 0 Å². The van der Waals surface area contributed by atoms with Crippen molar-refractivity contribution >= 4 is 21.7 Å². The van der Waals surface area contributed by atoms with Gasteiger partial charge in [-0.25, -0.2) is 0 Å². The molecule has 0 radical (unpaired) electrons. The van der Waals surface area contributed by atoms with Gasteiger partial charge in [0, 0.05) is 16.7 Å². The molecule has 3 unspecified atom stereocenters. The number of ketones is 1. The van der Waals surface area contributed by atoms with Crippen LogP contribution in [0, 0.1) is 11.8 Å². The van der Waals surface area contributed by atoms with Gasteiger partial charge >= 0.3 is 0 Å². The zero-order valence-electron chi connectivity index (χ0n) is 4.17. The highest BCUT2D eigenvalue weighted by molar-refractivity contribution is 9.09. The molecule has 0 aliphatic heterocycles. The summed E-state index contributed by atoms with van der Waals surface area (Å²) in [5.41, 5.74) is 0. The first-order valence-electron chi connectivity index (χ1n) is 2.67. The fourth-order valence-electron chi connectivity index (χ4n) is 1.19. The molecule has 1 saturated carbocycles. The number of halogens is 1. The number of hydrogen-bond acceptors (Lipinski definition) is 1. The SMILES string of the molecule is O=C1C=CC2C(Br)C12. The molecule has 0 aromatic heterocycles. The zero-order chi connectivity index (χ0) is 5.72. The standard InChI is InChI=1S/C6H5BrO/c7-6-3-1-2-4(8)5(3)6/h1-3,5-6H. The van der Waals surface area contributed by atoms with Gasteiger partial charge in [-0.2, -0.15) is 0 Å². The molecule has 3 atom stereocenters. The van der Waals surface area contributed by atoms with Crippen LogP contribution in [0.25, 0.3) is 0 Å². The number of allylic oxidation sites excluding steroid dienone is 2. The van der Waals surface area contributed by atoms with Crippen LogP contribution in [0.2, 0.25) is 0 Å². The highest BCUT2D eigenvalue weighted by Crippen LogP contribution is 2.50. The largest absolute Gasteiger partial charge is 0.294 e. The van der Waals surface area contributed by atoms with Gasteiger partial charge in [-0.3, -0.25) is 4.79 Å². The van der Waals surface area contributed by atoms with Gasteiger partial charge < -0.3 is 0 Å². The Labute approximate surface area is 55.9 Å². The third-order valence-electron chi connectivity index (χ3n) is 1.80. The summed E-state index contributed by atoms with van der Waals surface area (Å²) in [5, 5.41) is 0. The van der Waals surface area contributed by atoms with Gasteiger partial charge in [-0.1, -0.05) is 22.0 Å². The summed E-state index contributed by atoms with van der Waals surface area (Å²) in [6, 6.07) is 0. The van der Waals surface area contributed by atoms with E-state index in [1.54, 1.807) is 6.08 Å². The second-order valence-corrected chi connectivity index (χ2v) is 3.37. The van der Waals surface area contributed by atoms with Crippen LogP contribution < -0.4 is 0 Å². The minimum atomic E-state index is 0.303. The lowest BCUT2D eigenvalue weighted by molar-refractivity contribution is -0.115. The van der Waals surface area contributed by atoms with Crippen molar-refractivity contribution in [1.29, 1.82) is 0 Å². The van der Waals surface area contributed by atoms with E-state index < -0.39 is 0 Å². The van der Waals surface area contributed by atoms with E-state index in [1.807, 2.05) is 6.08 Å². The van der Waals surface area contributed by atoms with E-state index in [-0.39, 0.29) is 0 Å². The number of hydrogen-bond donors (Lipinski definition) is 0. The number of carbonyl (C=O) groups excluding carboxylic acids is 1. The summed E-state index contributed by atoms with van der Waals surface area (Å²) < 4.78 is 0. The second-order valence-electron chi connectivity index (χ2n) is 2.31. The van der Waals surface area contributed by atoms with Crippen LogP contribution in [-0.2, 0) is 4.79 Å². The molecule has 0 aromatic rings. The van der Waals surface area contributed by atoms with Gasteiger partial charge in [-0.05, 0) is 6.08 Å². The lowest BCUT2D eigenvalue weighted by atomic mass is 10.3. The molecule has 2 rings (SSSR count). The number of rotatable bonds is 0. The summed E-state index contributed by atoms with van der Waals surface area (Å²) in [6.07, 6.45) is 3.68. The van der Waals surface area contributed by atoms with Gasteiger partial charge in [-0.15, -0.1) is 0 Å².